The molecule has 4 rings (SSSR count). The normalized spacial score (nSPS) is 12.5. The molecule has 0 bridgehead atoms. The summed E-state index contributed by atoms with van der Waals surface area (Å²) in [6.45, 7) is 1.51. The quantitative estimate of drug-likeness (QED) is 0.367. The van der Waals surface area contributed by atoms with Gasteiger partial charge in [-0.05, 0) is 42.8 Å². The maximum Gasteiger partial charge on any atom is 0.573 e. The minimum Gasteiger partial charge on any atom is -0.493 e. The Morgan fingerprint density at radius 2 is 1.81 bits per heavy atom. The van der Waals surface area contributed by atoms with Gasteiger partial charge in [-0.15, -0.1) is 13.2 Å². The molecule has 2 aromatic carbocycles. The number of hydrogen-bond acceptors (Lipinski definition) is 7. The van der Waals surface area contributed by atoms with Gasteiger partial charge in [-0.1, -0.05) is 12.1 Å². The Kier molecular flexibility index (Phi) is 6.99. The van der Waals surface area contributed by atoms with Gasteiger partial charge in [0.05, 0.1) is 19.8 Å². The van der Waals surface area contributed by atoms with E-state index in [4.69, 9.17) is 9.47 Å². The lowest BCUT2D eigenvalue weighted by molar-refractivity contribution is -0.274. The van der Waals surface area contributed by atoms with Crippen LogP contribution in [0.25, 0.3) is 22.6 Å². The van der Waals surface area contributed by atoms with Gasteiger partial charge < -0.3 is 23.9 Å². The monoisotopic (exact) mass is 520 g/mol. The molecule has 0 aliphatic rings. The van der Waals surface area contributed by atoms with Gasteiger partial charge in [-0.25, -0.2) is 9.78 Å². The molecule has 0 radical (unpaired) electrons. The van der Waals surface area contributed by atoms with E-state index in [2.05, 4.69) is 14.7 Å². The van der Waals surface area contributed by atoms with E-state index < -0.39 is 23.7 Å². The highest BCUT2D eigenvalue weighted by atomic mass is 19.4. The average molecular weight is 520 g/mol. The van der Waals surface area contributed by atoms with Gasteiger partial charge in [0.1, 0.15) is 18.2 Å². The van der Waals surface area contributed by atoms with Gasteiger partial charge >= 0.3 is 12.1 Å². The predicted molar refractivity (Wildman–Crippen MR) is 127 cm³/mol. The lowest BCUT2D eigenvalue weighted by atomic mass is 10.2. The number of fused-ring (bicyclic) bond motifs is 1. The van der Waals surface area contributed by atoms with Crippen molar-refractivity contribution < 1.29 is 32.5 Å². The molecule has 0 saturated heterocycles. The summed E-state index contributed by atoms with van der Waals surface area (Å²) in [5.41, 5.74) is 0.166. The summed E-state index contributed by atoms with van der Waals surface area (Å²) < 4.78 is 54.8. The zero-order valence-corrected chi connectivity index (χ0v) is 20.0. The number of imidazole rings is 1. The number of aryl methyl sites for hydroxylation is 1. The van der Waals surface area contributed by atoms with E-state index in [-0.39, 0.29) is 30.1 Å². The number of rotatable bonds is 8. The van der Waals surface area contributed by atoms with Crippen LogP contribution in [-0.2, 0) is 20.2 Å². The van der Waals surface area contributed by atoms with Crippen LogP contribution < -0.4 is 25.5 Å². The first-order chi connectivity index (χ1) is 17.5. The number of halogens is 3. The number of hydrogen-bond donors (Lipinski definition) is 2. The van der Waals surface area contributed by atoms with Crippen LogP contribution >= 0.6 is 0 Å². The van der Waals surface area contributed by atoms with E-state index in [1.165, 1.54) is 47.4 Å². The molecular weight excluding hydrogens is 497 g/mol. The topological polar surface area (TPSA) is 121 Å². The number of nitrogens with zero attached hydrogens (tertiary/aromatic N) is 3. The van der Waals surface area contributed by atoms with Gasteiger partial charge in [0.2, 0.25) is 0 Å². The standard InChI is InChI=1S/C24H23F3N4O6/c1-13(32)11-31-21-19(22(33)29-23(31)34)30(2)20(28-21)15-6-9-17(18(10-15)35-3)36-12-14-4-7-16(8-5-14)37-24(25,26)27/h4-10,13,32H,11-12H2,1-3H3,(H,29,33,34). The molecule has 0 spiro atoms. The largest absolute Gasteiger partial charge is 0.573 e. The second-order valence-corrected chi connectivity index (χ2v) is 8.23. The third kappa shape index (κ3) is 5.61. The second-order valence-electron chi connectivity index (χ2n) is 8.23. The summed E-state index contributed by atoms with van der Waals surface area (Å²) in [6.07, 6.45) is -5.61. The average Bonchev–Trinajstić information content (AvgIpc) is 3.17. The summed E-state index contributed by atoms with van der Waals surface area (Å²) >= 11 is 0. The summed E-state index contributed by atoms with van der Waals surface area (Å²) in [5, 5.41) is 9.77. The van der Waals surface area contributed by atoms with E-state index in [0.29, 0.717) is 28.5 Å². The molecule has 10 nitrogen and oxygen atoms in total. The maximum absolute atomic E-state index is 12.5. The first-order valence-electron chi connectivity index (χ1n) is 11.0. The van der Waals surface area contributed by atoms with Crippen LogP contribution in [0.4, 0.5) is 13.2 Å². The molecule has 0 amide bonds. The predicted octanol–water partition coefficient (Wildman–Crippen LogP) is 2.96. The SMILES string of the molecule is COc1cc(-c2nc3c(c(=O)[nH]c(=O)n3CC(C)O)n2C)ccc1OCc1ccc(OC(F)(F)F)cc1. The van der Waals surface area contributed by atoms with Crippen molar-refractivity contribution in [2.75, 3.05) is 7.11 Å². The number of alkyl halides is 3. The first-order valence-corrected chi connectivity index (χ1v) is 11.0. The van der Waals surface area contributed by atoms with Gasteiger partial charge in [-0.3, -0.25) is 14.3 Å². The Morgan fingerprint density at radius 3 is 2.43 bits per heavy atom. The molecule has 4 aromatic rings. The van der Waals surface area contributed by atoms with E-state index in [1.54, 1.807) is 25.2 Å². The number of aromatic amines is 1. The molecular formula is C24H23F3N4O6. The number of aliphatic hydroxyl groups excluding tert-OH is 1. The summed E-state index contributed by atoms with van der Waals surface area (Å²) in [5.74, 6) is 0.746. The molecule has 1 atom stereocenters. The number of ether oxygens (including phenoxy) is 3. The molecule has 0 saturated carbocycles. The molecule has 1 unspecified atom stereocenters. The number of nitrogens with one attached hydrogen (secondary N) is 1. The zero-order chi connectivity index (χ0) is 26.9. The Bertz CT molecular complexity index is 1540. The molecule has 2 heterocycles. The summed E-state index contributed by atoms with van der Waals surface area (Å²) in [6, 6.07) is 10.2. The maximum atomic E-state index is 12.5. The van der Waals surface area contributed by atoms with Crippen LogP contribution in [-0.4, -0.2) is 43.8 Å². The number of benzene rings is 2. The van der Waals surface area contributed by atoms with Crippen LogP contribution in [0.3, 0.4) is 0 Å². The van der Waals surface area contributed by atoms with Crippen LogP contribution in [0.15, 0.2) is 52.1 Å². The van der Waals surface area contributed by atoms with E-state index in [1.807, 2.05) is 0 Å². The molecule has 196 valence electrons. The lowest BCUT2D eigenvalue weighted by Crippen LogP contribution is -2.33. The highest BCUT2D eigenvalue weighted by Gasteiger charge is 2.31. The van der Waals surface area contributed by atoms with Gasteiger partial charge in [0, 0.05) is 12.6 Å². The van der Waals surface area contributed by atoms with Crippen molar-refractivity contribution in [3.05, 3.63) is 68.9 Å². The van der Waals surface area contributed by atoms with E-state index in [0.717, 1.165) is 0 Å². The molecule has 13 heteroatoms. The Hall–Kier alpha value is -4.26. The highest BCUT2D eigenvalue weighted by molar-refractivity contribution is 5.77. The zero-order valence-electron chi connectivity index (χ0n) is 20.0. The number of aliphatic hydroxyl groups is 1. The number of methoxy groups -OCH3 is 1. The number of H-pyrrole nitrogens is 1. The minimum atomic E-state index is -4.77. The van der Waals surface area contributed by atoms with Gasteiger partial charge in [0.25, 0.3) is 5.56 Å². The van der Waals surface area contributed by atoms with Crippen molar-refractivity contribution in [1.29, 1.82) is 0 Å². The molecule has 2 N–H and O–H groups in total. The number of aromatic nitrogens is 4. The van der Waals surface area contributed by atoms with E-state index >= 15 is 0 Å². The Balaban J connectivity index is 1.62. The van der Waals surface area contributed by atoms with Crippen molar-refractivity contribution in [3.63, 3.8) is 0 Å². The Labute approximate surface area is 207 Å². The van der Waals surface area contributed by atoms with Crippen LogP contribution in [0, 0.1) is 0 Å². The summed E-state index contributed by atoms with van der Waals surface area (Å²) in [7, 11) is 3.06. The third-order valence-electron chi connectivity index (χ3n) is 5.43. The van der Waals surface area contributed by atoms with Crippen molar-refractivity contribution in [2.45, 2.75) is 32.5 Å². The Morgan fingerprint density at radius 1 is 1.11 bits per heavy atom. The highest BCUT2D eigenvalue weighted by Crippen LogP contribution is 2.33. The van der Waals surface area contributed by atoms with Crippen molar-refractivity contribution in [3.8, 4) is 28.6 Å². The van der Waals surface area contributed by atoms with Crippen LogP contribution in [0.1, 0.15) is 12.5 Å². The van der Waals surface area contributed by atoms with Gasteiger partial charge in [0.15, 0.2) is 22.7 Å². The molecule has 37 heavy (non-hydrogen) atoms. The molecule has 0 aliphatic heterocycles. The summed E-state index contributed by atoms with van der Waals surface area (Å²) in [4.78, 5) is 31.5. The lowest BCUT2D eigenvalue weighted by Gasteiger charge is -2.13. The fraction of sp³-hybridized carbons (Fsp3) is 0.292. The van der Waals surface area contributed by atoms with Crippen molar-refractivity contribution in [2.24, 2.45) is 7.05 Å². The smallest absolute Gasteiger partial charge is 0.493 e. The molecule has 0 fully saturated rings. The minimum absolute atomic E-state index is 0.0509. The van der Waals surface area contributed by atoms with Gasteiger partial charge in [-0.2, -0.15) is 0 Å². The van der Waals surface area contributed by atoms with Crippen LogP contribution in [0.5, 0.6) is 17.2 Å². The molecule has 2 aromatic heterocycles. The third-order valence-corrected chi connectivity index (χ3v) is 5.43. The second kappa shape index (κ2) is 10.0. The van der Waals surface area contributed by atoms with Crippen LogP contribution in [0.2, 0.25) is 0 Å². The van der Waals surface area contributed by atoms with E-state index in [9.17, 15) is 27.9 Å². The first kappa shape index (κ1) is 25.8. The fourth-order valence-corrected chi connectivity index (χ4v) is 3.81. The van der Waals surface area contributed by atoms with Crippen molar-refractivity contribution in [1.82, 2.24) is 19.1 Å². The fourth-order valence-electron chi connectivity index (χ4n) is 3.81. The molecule has 0 aliphatic carbocycles. The van der Waals surface area contributed by atoms with Crippen molar-refractivity contribution >= 4 is 11.2 Å².